The van der Waals surface area contributed by atoms with Gasteiger partial charge in [0.1, 0.15) is 11.5 Å². The van der Waals surface area contributed by atoms with Gasteiger partial charge < -0.3 is 19.1 Å². The van der Waals surface area contributed by atoms with Gasteiger partial charge in [-0.15, -0.1) is 0 Å². The Morgan fingerprint density at radius 3 is 2.43 bits per heavy atom. The number of ether oxygens (including phenoxy) is 3. The molecule has 0 saturated carbocycles. The lowest BCUT2D eigenvalue weighted by Gasteiger charge is -2.31. The summed E-state index contributed by atoms with van der Waals surface area (Å²) in [5.74, 6) is 1.60. The van der Waals surface area contributed by atoms with Gasteiger partial charge >= 0.3 is 5.97 Å². The summed E-state index contributed by atoms with van der Waals surface area (Å²) in [5, 5.41) is 0. The fraction of sp³-hybridized carbons (Fsp3) is 0.400. The number of nitrogens with zero attached hydrogens (tertiary/aromatic N) is 1. The summed E-state index contributed by atoms with van der Waals surface area (Å²) in [6, 6.07) is 16.2. The van der Waals surface area contributed by atoms with Crippen LogP contribution in [0.3, 0.4) is 0 Å². The van der Waals surface area contributed by atoms with Crippen molar-refractivity contribution < 1.29 is 19.0 Å². The quantitative estimate of drug-likeness (QED) is 0.683. The maximum absolute atomic E-state index is 12.1. The Labute approximate surface area is 178 Å². The lowest BCUT2D eigenvalue weighted by atomic mass is 9.94. The van der Waals surface area contributed by atoms with Crippen LogP contribution in [0.15, 0.2) is 54.6 Å². The van der Waals surface area contributed by atoms with Gasteiger partial charge in [0.15, 0.2) is 0 Å². The van der Waals surface area contributed by atoms with Crippen LogP contribution in [0, 0.1) is 5.92 Å². The van der Waals surface area contributed by atoms with Crippen molar-refractivity contribution in [1.29, 1.82) is 0 Å². The molecule has 0 bridgehead atoms. The van der Waals surface area contributed by atoms with Gasteiger partial charge in [-0.05, 0) is 50.4 Å². The highest BCUT2D eigenvalue weighted by atomic mass is 16.7. The number of esters is 1. The standard InChI is InChI=1S/C25H29NO4/c1-2-28-25(27)19-9-7-15-26(17-19)16-8-12-20-21-10-3-5-13-23(21)29-18-30-24-14-6-4-11-22(20)24/h3-6,10-14,19H,2,7-9,15-18H2,1H3/t19-/m1/s1. The topological polar surface area (TPSA) is 48.0 Å². The maximum atomic E-state index is 12.1. The Kier molecular flexibility index (Phi) is 6.70. The van der Waals surface area contributed by atoms with Gasteiger partial charge in [0, 0.05) is 24.2 Å². The molecular weight excluding hydrogens is 378 g/mol. The molecule has 0 aliphatic carbocycles. The molecule has 2 aromatic rings. The lowest BCUT2D eigenvalue weighted by molar-refractivity contribution is -0.149. The molecule has 0 aromatic heterocycles. The van der Waals surface area contributed by atoms with Crippen molar-refractivity contribution in [2.24, 2.45) is 5.92 Å². The molecule has 30 heavy (non-hydrogen) atoms. The van der Waals surface area contributed by atoms with E-state index in [9.17, 15) is 4.79 Å². The maximum Gasteiger partial charge on any atom is 0.310 e. The highest BCUT2D eigenvalue weighted by Gasteiger charge is 2.26. The second-order valence-corrected chi connectivity index (χ2v) is 7.70. The second kappa shape index (κ2) is 9.81. The van der Waals surface area contributed by atoms with E-state index < -0.39 is 0 Å². The van der Waals surface area contributed by atoms with Gasteiger partial charge in [0.2, 0.25) is 6.79 Å². The molecule has 2 heterocycles. The normalized spacial score (nSPS) is 18.7. The summed E-state index contributed by atoms with van der Waals surface area (Å²) in [5.41, 5.74) is 3.28. The van der Waals surface area contributed by atoms with E-state index in [0.29, 0.717) is 6.61 Å². The third kappa shape index (κ3) is 4.68. The first-order chi connectivity index (χ1) is 14.8. The van der Waals surface area contributed by atoms with E-state index in [0.717, 1.165) is 67.1 Å². The number of carbonyl (C=O) groups excluding carboxylic acids is 1. The van der Waals surface area contributed by atoms with Crippen molar-refractivity contribution in [1.82, 2.24) is 4.90 Å². The van der Waals surface area contributed by atoms with Crippen LogP contribution in [0.5, 0.6) is 11.5 Å². The highest BCUT2D eigenvalue weighted by molar-refractivity contribution is 5.85. The molecule has 2 aliphatic heterocycles. The first-order valence-electron chi connectivity index (χ1n) is 10.8. The first-order valence-corrected chi connectivity index (χ1v) is 10.8. The Hall–Kier alpha value is -2.79. The van der Waals surface area contributed by atoms with Crippen molar-refractivity contribution in [2.75, 3.05) is 33.0 Å². The average Bonchev–Trinajstić information content (AvgIpc) is 2.77. The molecule has 0 radical (unpaired) electrons. The molecule has 4 rings (SSSR count). The number of hydrogen-bond donors (Lipinski definition) is 0. The fourth-order valence-electron chi connectivity index (χ4n) is 4.25. The highest BCUT2D eigenvalue weighted by Crippen LogP contribution is 2.37. The SMILES string of the molecule is CCOC(=O)[C@@H]1CCCN(CCC=C2c3ccccc3OCOc3ccccc32)C1. The van der Waals surface area contributed by atoms with Crippen LogP contribution in [0.25, 0.3) is 5.57 Å². The Morgan fingerprint density at radius 1 is 1.10 bits per heavy atom. The van der Waals surface area contributed by atoms with Gasteiger partial charge in [0.05, 0.1) is 12.5 Å². The molecule has 0 N–H and O–H groups in total. The molecule has 1 saturated heterocycles. The number of carbonyl (C=O) groups is 1. The van der Waals surface area contributed by atoms with Crippen molar-refractivity contribution in [3.05, 3.63) is 65.7 Å². The van der Waals surface area contributed by atoms with E-state index in [4.69, 9.17) is 14.2 Å². The fourth-order valence-corrected chi connectivity index (χ4v) is 4.25. The van der Waals surface area contributed by atoms with E-state index in [1.54, 1.807) is 0 Å². The van der Waals surface area contributed by atoms with Gasteiger partial charge in [-0.1, -0.05) is 42.5 Å². The molecule has 0 spiro atoms. The summed E-state index contributed by atoms with van der Waals surface area (Å²) in [4.78, 5) is 14.5. The van der Waals surface area contributed by atoms with Crippen LogP contribution in [0.4, 0.5) is 0 Å². The van der Waals surface area contributed by atoms with E-state index in [1.807, 2.05) is 43.3 Å². The van der Waals surface area contributed by atoms with Gasteiger partial charge in [-0.25, -0.2) is 0 Å². The van der Waals surface area contributed by atoms with Crippen LogP contribution >= 0.6 is 0 Å². The number of rotatable bonds is 5. The van der Waals surface area contributed by atoms with E-state index in [1.165, 1.54) is 0 Å². The number of benzene rings is 2. The van der Waals surface area contributed by atoms with E-state index in [-0.39, 0.29) is 18.7 Å². The molecule has 1 fully saturated rings. The third-order valence-corrected chi connectivity index (χ3v) is 5.70. The Morgan fingerprint density at radius 2 is 1.77 bits per heavy atom. The Bertz CT molecular complexity index is 858. The second-order valence-electron chi connectivity index (χ2n) is 7.70. The number of likely N-dealkylation sites (tertiary alicyclic amines) is 1. The minimum absolute atomic E-state index is 0.00371. The minimum atomic E-state index is -0.0577. The number of piperidine rings is 1. The number of para-hydroxylation sites is 2. The zero-order valence-electron chi connectivity index (χ0n) is 17.5. The summed E-state index contributed by atoms with van der Waals surface area (Å²) < 4.78 is 16.9. The molecule has 5 nitrogen and oxygen atoms in total. The molecule has 2 aliphatic rings. The monoisotopic (exact) mass is 407 g/mol. The molecule has 5 heteroatoms. The molecular formula is C25H29NO4. The van der Waals surface area contributed by atoms with Crippen LogP contribution in [-0.2, 0) is 9.53 Å². The smallest absolute Gasteiger partial charge is 0.310 e. The Balaban J connectivity index is 1.52. The van der Waals surface area contributed by atoms with Crippen LogP contribution in [0.2, 0.25) is 0 Å². The summed E-state index contributed by atoms with van der Waals surface area (Å²) in [6.07, 6.45) is 5.11. The zero-order valence-corrected chi connectivity index (χ0v) is 17.5. The van der Waals surface area contributed by atoms with Crippen molar-refractivity contribution >= 4 is 11.5 Å². The van der Waals surface area contributed by atoms with Gasteiger partial charge in [0.25, 0.3) is 0 Å². The van der Waals surface area contributed by atoms with Crippen molar-refractivity contribution in [3.63, 3.8) is 0 Å². The largest absolute Gasteiger partial charge is 0.466 e. The zero-order chi connectivity index (χ0) is 20.8. The first kappa shape index (κ1) is 20.5. The molecule has 1 atom stereocenters. The average molecular weight is 408 g/mol. The third-order valence-electron chi connectivity index (χ3n) is 5.70. The molecule has 158 valence electrons. The summed E-state index contributed by atoms with van der Waals surface area (Å²) >= 11 is 0. The van der Waals surface area contributed by atoms with Crippen LogP contribution < -0.4 is 9.47 Å². The van der Waals surface area contributed by atoms with Crippen molar-refractivity contribution in [2.45, 2.75) is 26.2 Å². The summed E-state index contributed by atoms with van der Waals surface area (Å²) in [6.45, 7) is 5.23. The molecule has 0 amide bonds. The van der Waals surface area contributed by atoms with Gasteiger partial charge in [-0.2, -0.15) is 0 Å². The predicted molar refractivity (Wildman–Crippen MR) is 117 cm³/mol. The van der Waals surface area contributed by atoms with Crippen LogP contribution in [0.1, 0.15) is 37.3 Å². The molecule has 0 unspecified atom stereocenters. The minimum Gasteiger partial charge on any atom is -0.466 e. The molecule has 2 aromatic carbocycles. The predicted octanol–water partition coefficient (Wildman–Crippen LogP) is 4.51. The number of hydrogen-bond acceptors (Lipinski definition) is 5. The van der Waals surface area contributed by atoms with E-state index >= 15 is 0 Å². The summed E-state index contributed by atoms with van der Waals surface area (Å²) in [7, 11) is 0. The van der Waals surface area contributed by atoms with Gasteiger partial charge in [-0.3, -0.25) is 4.79 Å². The number of fused-ring (bicyclic) bond motifs is 2. The van der Waals surface area contributed by atoms with Crippen molar-refractivity contribution in [3.8, 4) is 11.5 Å². The van der Waals surface area contributed by atoms with Crippen LogP contribution in [-0.4, -0.2) is 43.9 Å². The lowest BCUT2D eigenvalue weighted by Crippen LogP contribution is -2.39. The van der Waals surface area contributed by atoms with E-state index in [2.05, 4.69) is 23.1 Å².